The van der Waals surface area contributed by atoms with Gasteiger partial charge in [0, 0.05) is 19.6 Å². The van der Waals surface area contributed by atoms with Crippen LogP contribution in [0, 0.1) is 0 Å². The Morgan fingerprint density at radius 1 is 1.28 bits per heavy atom. The van der Waals surface area contributed by atoms with Crippen molar-refractivity contribution in [3.63, 3.8) is 0 Å². The van der Waals surface area contributed by atoms with E-state index in [1.165, 1.54) is 5.56 Å². The fourth-order valence-corrected chi connectivity index (χ4v) is 3.11. The molecule has 0 unspecified atom stereocenters. The molecule has 0 atom stereocenters. The molecule has 9 heteroatoms. The van der Waals surface area contributed by atoms with Crippen LogP contribution in [0.5, 0.6) is 11.5 Å². The van der Waals surface area contributed by atoms with Crippen molar-refractivity contribution in [3.8, 4) is 11.5 Å². The van der Waals surface area contributed by atoms with Crippen LogP contribution in [0.1, 0.15) is 18.1 Å². The standard InChI is InChI=1S/C16H26N4O4S/c1-4-18-16(19-6-8-25(17,21)22)20-7-5-12-9-14(23-2)15(24-3)10-13(12)11-20/h9-10H,4-8,11H2,1-3H3,(H,18,19)(H2,17,21,22). The molecule has 0 amide bonds. The van der Waals surface area contributed by atoms with Crippen LogP contribution in [0.25, 0.3) is 0 Å². The van der Waals surface area contributed by atoms with Crippen LogP contribution in [0.15, 0.2) is 17.1 Å². The Morgan fingerprint density at radius 3 is 2.48 bits per heavy atom. The number of nitrogens with two attached hydrogens (primary N) is 1. The molecule has 25 heavy (non-hydrogen) atoms. The van der Waals surface area contributed by atoms with E-state index >= 15 is 0 Å². The largest absolute Gasteiger partial charge is 0.493 e. The minimum atomic E-state index is -3.51. The van der Waals surface area contributed by atoms with Crippen molar-refractivity contribution in [2.45, 2.75) is 19.9 Å². The van der Waals surface area contributed by atoms with E-state index in [-0.39, 0.29) is 12.3 Å². The van der Waals surface area contributed by atoms with Crippen LogP contribution in [-0.2, 0) is 23.0 Å². The van der Waals surface area contributed by atoms with Crippen LogP contribution in [0.4, 0.5) is 0 Å². The Hall–Kier alpha value is -2.00. The van der Waals surface area contributed by atoms with Gasteiger partial charge in [0.15, 0.2) is 17.5 Å². The summed E-state index contributed by atoms with van der Waals surface area (Å²) in [6, 6.07) is 3.99. The van der Waals surface area contributed by atoms with E-state index in [4.69, 9.17) is 14.6 Å². The molecule has 0 radical (unpaired) electrons. The number of nitrogens with zero attached hydrogens (tertiary/aromatic N) is 2. The van der Waals surface area contributed by atoms with E-state index in [1.807, 2.05) is 19.1 Å². The number of aliphatic imine (C=N–C) groups is 1. The highest BCUT2D eigenvalue weighted by molar-refractivity contribution is 7.89. The van der Waals surface area contributed by atoms with Crippen LogP contribution in [-0.4, -0.2) is 58.9 Å². The summed E-state index contributed by atoms with van der Waals surface area (Å²) in [5.41, 5.74) is 2.36. The summed E-state index contributed by atoms with van der Waals surface area (Å²) in [4.78, 5) is 6.49. The van der Waals surface area contributed by atoms with Crippen LogP contribution in [0.3, 0.4) is 0 Å². The number of guanidine groups is 1. The average Bonchev–Trinajstić information content (AvgIpc) is 2.58. The minimum absolute atomic E-state index is 0.135. The smallest absolute Gasteiger partial charge is 0.210 e. The fraction of sp³-hybridized carbons (Fsp3) is 0.562. The zero-order valence-electron chi connectivity index (χ0n) is 14.9. The summed E-state index contributed by atoms with van der Waals surface area (Å²) in [6.45, 7) is 4.25. The Morgan fingerprint density at radius 2 is 1.92 bits per heavy atom. The first-order valence-corrected chi connectivity index (χ1v) is 9.87. The van der Waals surface area contributed by atoms with Gasteiger partial charge in [-0.2, -0.15) is 0 Å². The molecular formula is C16H26N4O4S. The van der Waals surface area contributed by atoms with Crippen LogP contribution in [0.2, 0.25) is 0 Å². The van der Waals surface area contributed by atoms with E-state index in [0.29, 0.717) is 24.8 Å². The van der Waals surface area contributed by atoms with Gasteiger partial charge in [-0.15, -0.1) is 0 Å². The highest BCUT2D eigenvalue weighted by Gasteiger charge is 2.21. The SMILES string of the molecule is CCNC(=NCCS(N)(=O)=O)N1CCc2cc(OC)c(OC)cc2C1. The zero-order valence-corrected chi connectivity index (χ0v) is 15.7. The van der Waals surface area contributed by atoms with Gasteiger partial charge < -0.3 is 19.7 Å². The quantitative estimate of drug-likeness (QED) is 0.552. The van der Waals surface area contributed by atoms with Crippen molar-refractivity contribution < 1.29 is 17.9 Å². The Bertz CT molecular complexity index is 734. The molecule has 1 aliphatic rings. The second kappa shape index (κ2) is 8.39. The average molecular weight is 370 g/mol. The summed E-state index contributed by atoms with van der Waals surface area (Å²) in [7, 11) is -0.274. The van der Waals surface area contributed by atoms with Gasteiger partial charge in [-0.1, -0.05) is 0 Å². The van der Waals surface area contributed by atoms with Gasteiger partial charge in [0.2, 0.25) is 10.0 Å². The highest BCUT2D eigenvalue weighted by atomic mass is 32.2. The lowest BCUT2D eigenvalue weighted by Crippen LogP contribution is -2.44. The second-order valence-electron chi connectivity index (χ2n) is 5.75. The lowest BCUT2D eigenvalue weighted by molar-refractivity contribution is 0.346. The number of benzene rings is 1. The first kappa shape index (κ1) is 19.3. The maximum Gasteiger partial charge on any atom is 0.210 e. The van der Waals surface area contributed by atoms with E-state index in [1.54, 1.807) is 14.2 Å². The third kappa shape index (κ3) is 5.23. The van der Waals surface area contributed by atoms with Crippen LogP contribution < -0.4 is 19.9 Å². The van der Waals surface area contributed by atoms with Gasteiger partial charge in [0.25, 0.3) is 0 Å². The van der Waals surface area contributed by atoms with Crippen molar-refractivity contribution in [3.05, 3.63) is 23.3 Å². The van der Waals surface area contributed by atoms with Crippen molar-refractivity contribution >= 4 is 16.0 Å². The van der Waals surface area contributed by atoms with Gasteiger partial charge in [-0.05, 0) is 36.6 Å². The number of primary sulfonamides is 1. The van der Waals surface area contributed by atoms with E-state index < -0.39 is 10.0 Å². The summed E-state index contributed by atoms with van der Waals surface area (Å²) >= 11 is 0. The van der Waals surface area contributed by atoms with E-state index in [9.17, 15) is 8.42 Å². The number of nitrogens with one attached hydrogen (secondary N) is 1. The Balaban J connectivity index is 2.19. The van der Waals surface area contributed by atoms with Crippen LogP contribution >= 0.6 is 0 Å². The van der Waals surface area contributed by atoms with Gasteiger partial charge in [0.1, 0.15) is 0 Å². The number of ether oxygens (including phenoxy) is 2. The van der Waals surface area contributed by atoms with Crippen molar-refractivity contribution in [1.82, 2.24) is 10.2 Å². The van der Waals surface area contributed by atoms with Gasteiger partial charge in [-0.3, -0.25) is 4.99 Å². The van der Waals surface area contributed by atoms with Crippen molar-refractivity contribution in [2.24, 2.45) is 10.1 Å². The molecular weight excluding hydrogens is 344 g/mol. The fourth-order valence-electron chi connectivity index (χ4n) is 2.77. The third-order valence-electron chi connectivity index (χ3n) is 3.99. The van der Waals surface area contributed by atoms with Gasteiger partial charge >= 0.3 is 0 Å². The molecule has 8 nitrogen and oxygen atoms in total. The highest BCUT2D eigenvalue weighted by Crippen LogP contribution is 2.33. The predicted octanol–water partition coefficient (Wildman–Crippen LogP) is 0.316. The van der Waals surface area contributed by atoms with E-state index in [0.717, 1.165) is 24.3 Å². The molecule has 2 rings (SSSR count). The normalized spacial score (nSPS) is 14.9. The van der Waals surface area contributed by atoms with Crippen molar-refractivity contribution in [1.29, 1.82) is 0 Å². The molecule has 3 N–H and O–H groups in total. The molecule has 1 aliphatic heterocycles. The maximum atomic E-state index is 11.1. The topological polar surface area (TPSA) is 106 Å². The second-order valence-corrected chi connectivity index (χ2v) is 7.48. The molecule has 0 saturated heterocycles. The number of methoxy groups -OCH3 is 2. The predicted molar refractivity (Wildman–Crippen MR) is 97.6 cm³/mol. The number of sulfonamides is 1. The number of fused-ring (bicyclic) bond motifs is 1. The first-order valence-electron chi connectivity index (χ1n) is 8.15. The summed E-state index contributed by atoms with van der Waals surface area (Å²) < 4.78 is 32.9. The summed E-state index contributed by atoms with van der Waals surface area (Å²) in [6.07, 6.45) is 0.843. The number of rotatable bonds is 6. The lowest BCUT2D eigenvalue weighted by atomic mass is 9.99. The summed E-state index contributed by atoms with van der Waals surface area (Å²) in [5, 5.41) is 8.24. The molecule has 1 aromatic carbocycles. The molecule has 1 heterocycles. The number of hydrogen-bond donors (Lipinski definition) is 2. The molecule has 0 bridgehead atoms. The van der Waals surface area contributed by atoms with Gasteiger partial charge in [0.05, 0.1) is 26.5 Å². The third-order valence-corrected chi connectivity index (χ3v) is 4.74. The van der Waals surface area contributed by atoms with Crippen molar-refractivity contribution in [2.75, 3.05) is 39.6 Å². The Kier molecular flexibility index (Phi) is 6.49. The lowest BCUT2D eigenvalue weighted by Gasteiger charge is -2.32. The molecule has 0 saturated carbocycles. The molecule has 0 aliphatic carbocycles. The maximum absolute atomic E-state index is 11.1. The Labute approximate surface area is 149 Å². The monoisotopic (exact) mass is 370 g/mol. The van der Waals surface area contributed by atoms with Gasteiger partial charge in [-0.25, -0.2) is 13.6 Å². The number of hydrogen-bond acceptors (Lipinski definition) is 5. The molecule has 0 fully saturated rings. The summed E-state index contributed by atoms with van der Waals surface area (Å²) in [5.74, 6) is 1.94. The molecule has 0 aromatic heterocycles. The molecule has 0 spiro atoms. The van der Waals surface area contributed by atoms with E-state index in [2.05, 4.69) is 15.2 Å². The first-order chi connectivity index (χ1) is 11.9. The zero-order chi connectivity index (χ0) is 18.4. The molecule has 140 valence electrons. The molecule has 1 aromatic rings. The minimum Gasteiger partial charge on any atom is -0.493 e.